The Morgan fingerprint density at radius 1 is 1.11 bits per heavy atom. The van der Waals surface area contributed by atoms with Crippen LogP contribution in [0.2, 0.25) is 0 Å². The predicted molar refractivity (Wildman–Crippen MR) is 77.9 cm³/mol. The summed E-state index contributed by atoms with van der Waals surface area (Å²) < 4.78 is 0. The van der Waals surface area contributed by atoms with Crippen molar-refractivity contribution in [3.05, 3.63) is 0 Å². The maximum Gasteiger partial charge on any atom is 0.0110 e. The highest BCUT2D eigenvalue weighted by Gasteiger charge is 2.23. The number of rotatable bonds is 4. The van der Waals surface area contributed by atoms with Crippen LogP contribution in [0, 0.1) is 11.8 Å². The minimum absolute atomic E-state index is 0.728. The van der Waals surface area contributed by atoms with E-state index < -0.39 is 0 Å². The first-order valence-corrected chi connectivity index (χ1v) is 7.81. The summed E-state index contributed by atoms with van der Waals surface area (Å²) in [7, 11) is 0. The van der Waals surface area contributed by atoms with E-state index in [-0.39, 0.29) is 0 Å². The van der Waals surface area contributed by atoms with Crippen LogP contribution in [0.5, 0.6) is 0 Å². The average molecular weight is 253 g/mol. The van der Waals surface area contributed by atoms with Gasteiger partial charge in [0.1, 0.15) is 0 Å². The van der Waals surface area contributed by atoms with E-state index in [2.05, 4.69) is 35.9 Å². The summed E-state index contributed by atoms with van der Waals surface area (Å²) in [4.78, 5) is 5.33. The van der Waals surface area contributed by atoms with Crippen LogP contribution in [0.25, 0.3) is 0 Å². The lowest BCUT2D eigenvalue weighted by molar-refractivity contribution is 0.100. The Kier molecular flexibility index (Phi) is 5.46. The van der Waals surface area contributed by atoms with Crippen molar-refractivity contribution in [1.82, 2.24) is 15.1 Å². The first-order valence-electron chi connectivity index (χ1n) is 7.81. The van der Waals surface area contributed by atoms with Gasteiger partial charge >= 0.3 is 0 Å². The zero-order chi connectivity index (χ0) is 13.0. The number of piperazine rings is 1. The molecule has 0 aromatic carbocycles. The van der Waals surface area contributed by atoms with Gasteiger partial charge in [0.25, 0.3) is 0 Å². The summed E-state index contributed by atoms with van der Waals surface area (Å²) in [6.07, 6.45) is 2.74. The number of nitrogens with zero attached hydrogens (tertiary/aromatic N) is 2. The van der Waals surface area contributed by atoms with Crippen LogP contribution in [0.1, 0.15) is 33.6 Å². The van der Waals surface area contributed by atoms with Gasteiger partial charge in [0.2, 0.25) is 0 Å². The van der Waals surface area contributed by atoms with Crippen molar-refractivity contribution >= 4 is 0 Å². The van der Waals surface area contributed by atoms with E-state index in [1.54, 1.807) is 0 Å². The Bertz CT molecular complexity index is 234. The van der Waals surface area contributed by atoms with Crippen LogP contribution in [0.4, 0.5) is 0 Å². The molecule has 2 atom stereocenters. The first kappa shape index (κ1) is 14.3. The molecule has 0 bridgehead atoms. The molecule has 0 amide bonds. The number of hydrogen-bond acceptors (Lipinski definition) is 3. The van der Waals surface area contributed by atoms with Gasteiger partial charge in [-0.1, -0.05) is 13.8 Å². The Morgan fingerprint density at radius 2 is 1.78 bits per heavy atom. The van der Waals surface area contributed by atoms with Crippen molar-refractivity contribution in [1.29, 1.82) is 0 Å². The molecule has 2 fully saturated rings. The Balaban J connectivity index is 1.66. The third kappa shape index (κ3) is 4.52. The lowest BCUT2D eigenvalue weighted by Gasteiger charge is -2.38. The molecule has 0 aromatic heterocycles. The highest BCUT2D eigenvalue weighted by Crippen LogP contribution is 2.18. The van der Waals surface area contributed by atoms with Crippen LogP contribution >= 0.6 is 0 Å². The summed E-state index contributed by atoms with van der Waals surface area (Å²) in [5.74, 6) is 1.74. The molecule has 3 heteroatoms. The third-order valence-electron chi connectivity index (χ3n) is 4.34. The van der Waals surface area contributed by atoms with E-state index in [0.717, 1.165) is 17.9 Å². The molecule has 106 valence electrons. The number of nitrogens with one attached hydrogen (secondary N) is 1. The monoisotopic (exact) mass is 253 g/mol. The number of piperidine rings is 1. The third-order valence-corrected chi connectivity index (χ3v) is 4.34. The fraction of sp³-hybridized carbons (Fsp3) is 1.00. The highest BCUT2D eigenvalue weighted by molar-refractivity contribution is 4.80. The van der Waals surface area contributed by atoms with Gasteiger partial charge in [-0.05, 0) is 38.1 Å². The summed E-state index contributed by atoms with van der Waals surface area (Å²) in [5, 5.41) is 3.55. The fourth-order valence-electron chi connectivity index (χ4n) is 3.44. The standard InChI is InChI=1S/C15H31N3/c1-13(2)11-17-6-8-18(9-7-17)12-15-4-5-16-14(3)10-15/h13-16H,4-12H2,1-3H3. The molecule has 2 aliphatic heterocycles. The molecular formula is C15H31N3. The number of hydrogen-bond donors (Lipinski definition) is 1. The van der Waals surface area contributed by atoms with Crippen LogP contribution in [0.15, 0.2) is 0 Å². The second-order valence-electron chi connectivity index (χ2n) is 6.74. The lowest BCUT2D eigenvalue weighted by Crippen LogP contribution is -2.49. The quantitative estimate of drug-likeness (QED) is 0.822. The molecule has 2 saturated heterocycles. The SMILES string of the molecule is CC(C)CN1CCN(CC2CCNC(C)C2)CC1. The molecule has 3 nitrogen and oxygen atoms in total. The minimum atomic E-state index is 0.728. The van der Waals surface area contributed by atoms with Crippen molar-refractivity contribution < 1.29 is 0 Å². The smallest absolute Gasteiger partial charge is 0.0110 e. The van der Waals surface area contributed by atoms with Crippen molar-refractivity contribution in [3.8, 4) is 0 Å². The molecule has 0 radical (unpaired) electrons. The zero-order valence-corrected chi connectivity index (χ0v) is 12.5. The largest absolute Gasteiger partial charge is 0.314 e. The van der Waals surface area contributed by atoms with Gasteiger partial charge in [-0.2, -0.15) is 0 Å². The Hall–Kier alpha value is -0.120. The zero-order valence-electron chi connectivity index (χ0n) is 12.5. The van der Waals surface area contributed by atoms with Crippen molar-refractivity contribution in [2.24, 2.45) is 11.8 Å². The van der Waals surface area contributed by atoms with Gasteiger partial charge in [0, 0.05) is 45.3 Å². The second-order valence-corrected chi connectivity index (χ2v) is 6.74. The fourth-order valence-corrected chi connectivity index (χ4v) is 3.44. The Labute approximate surface area is 113 Å². The minimum Gasteiger partial charge on any atom is -0.314 e. The summed E-state index contributed by atoms with van der Waals surface area (Å²) in [6.45, 7) is 15.9. The normalized spacial score (nSPS) is 32.0. The van der Waals surface area contributed by atoms with Gasteiger partial charge in [-0.15, -0.1) is 0 Å². The molecule has 0 aromatic rings. The van der Waals surface area contributed by atoms with Crippen molar-refractivity contribution in [2.75, 3.05) is 45.8 Å². The molecule has 2 aliphatic rings. The van der Waals surface area contributed by atoms with Crippen LogP contribution < -0.4 is 5.32 Å². The summed E-state index contributed by atoms with van der Waals surface area (Å²) >= 11 is 0. The molecular weight excluding hydrogens is 222 g/mol. The Morgan fingerprint density at radius 3 is 2.39 bits per heavy atom. The van der Waals surface area contributed by atoms with Gasteiger partial charge in [-0.25, -0.2) is 0 Å². The van der Waals surface area contributed by atoms with Crippen LogP contribution in [-0.4, -0.2) is 61.7 Å². The molecule has 2 heterocycles. The molecule has 2 unspecified atom stereocenters. The second kappa shape index (κ2) is 6.88. The van der Waals surface area contributed by atoms with E-state index >= 15 is 0 Å². The van der Waals surface area contributed by atoms with E-state index in [4.69, 9.17) is 0 Å². The summed E-state index contributed by atoms with van der Waals surface area (Å²) in [6, 6.07) is 0.728. The maximum atomic E-state index is 3.55. The summed E-state index contributed by atoms with van der Waals surface area (Å²) in [5.41, 5.74) is 0. The van der Waals surface area contributed by atoms with Gasteiger partial charge in [0.15, 0.2) is 0 Å². The first-order chi connectivity index (χ1) is 8.63. The van der Waals surface area contributed by atoms with Gasteiger partial charge in [-0.3, -0.25) is 0 Å². The molecule has 18 heavy (non-hydrogen) atoms. The maximum absolute atomic E-state index is 3.55. The van der Waals surface area contributed by atoms with Gasteiger partial charge in [0.05, 0.1) is 0 Å². The van der Waals surface area contributed by atoms with E-state index in [9.17, 15) is 0 Å². The predicted octanol–water partition coefficient (Wildman–Crippen LogP) is 1.65. The van der Waals surface area contributed by atoms with Crippen molar-refractivity contribution in [2.45, 2.75) is 39.7 Å². The van der Waals surface area contributed by atoms with Crippen LogP contribution in [0.3, 0.4) is 0 Å². The molecule has 0 saturated carbocycles. The average Bonchev–Trinajstić information content (AvgIpc) is 2.31. The molecule has 1 N–H and O–H groups in total. The highest BCUT2D eigenvalue weighted by atomic mass is 15.3. The molecule has 0 aliphatic carbocycles. The molecule has 2 rings (SSSR count). The topological polar surface area (TPSA) is 18.5 Å². The lowest BCUT2D eigenvalue weighted by atomic mass is 9.92. The van der Waals surface area contributed by atoms with E-state index in [1.165, 1.54) is 58.7 Å². The van der Waals surface area contributed by atoms with Crippen LogP contribution in [-0.2, 0) is 0 Å². The van der Waals surface area contributed by atoms with E-state index in [1.807, 2.05) is 0 Å². The van der Waals surface area contributed by atoms with Gasteiger partial charge < -0.3 is 15.1 Å². The van der Waals surface area contributed by atoms with Crippen molar-refractivity contribution in [3.63, 3.8) is 0 Å². The molecule has 0 spiro atoms. The van der Waals surface area contributed by atoms with E-state index in [0.29, 0.717) is 0 Å².